The minimum Gasteiger partial charge on any atom is -0.383 e. The van der Waals surface area contributed by atoms with Gasteiger partial charge in [-0.05, 0) is 44.5 Å². The summed E-state index contributed by atoms with van der Waals surface area (Å²) in [6.45, 7) is 5.23. The van der Waals surface area contributed by atoms with Crippen molar-refractivity contribution in [1.82, 2.24) is 9.97 Å². The number of nitrogen functional groups attached to an aromatic ring is 1. The molecule has 1 aliphatic heterocycles. The van der Waals surface area contributed by atoms with E-state index in [0.717, 1.165) is 44.6 Å². The first-order chi connectivity index (χ1) is 15.0. The molecule has 2 amide bonds. The van der Waals surface area contributed by atoms with Gasteiger partial charge in [0.1, 0.15) is 17.2 Å². The quantitative estimate of drug-likeness (QED) is 0.425. The SMILES string of the molecule is Cc1sc2nc(SC(C)C(=O)N3CC(=O)Nc4cc(C(F)(F)F)ccc43)nc(N)c2c1C. The molecule has 4 rings (SSSR count). The first-order valence-electron chi connectivity index (χ1n) is 9.48. The van der Waals surface area contributed by atoms with E-state index in [2.05, 4.69) is 15.3 Å². The minimum atomic E-state index is -4.57. The van der Waals surface area contributed by atoms with Gasteiger partial charge in [0.05, 0.1) is 27.6 Å². The number of fused-ring (bicyclic) bond motifs is 2. The summed E-state index contributed by atoms with van der Waals surface area (Å²) in [7, 11) is 0. The van der Waals surface area contributed by atoms with E-state index in [1.165, 1.54) is 22.3 Å². The highest BCUT2D eigenvalue weighted by Crippen LogP contribution is 2.38. The van der Waals surface area contributed by atoms with Crippen LogP contribution in [0, 0.1) is 13.8 Å². The number of nitrogens with two attached hydrogens (primary N) is 1. The molecule has 1 unspecified atom stereocenters. The number of thioether (sulfide) groups is 1. The highest BCUT2D eigenvalue weighted by molar-refractivity contribution is 8.00. The Hall–Kier alpha value is -2.86. The molecule has 0 saturated heterocycles. The van der Waals surface area contributed by atoms with Crippen molar-refractivity contribution < 1.29 is 22.8 Å². The lowest BCUT2D eigenvalue weighted by Crippen LogP contribution is -2.45. The molecule has 3 aromatic rings. The maximum atomic E-state index is 13.1. The van der Waals surface area contributed by atoms with Gasteiger partial charge < -0.3 is 11.1 Å². The van der Waals surface area contributed by atoms with Gasteiger partial charge in [0, 0.05) is 4.88 Å². The molecule has 1 aliphatic rings. The Morgan fingerprint density at radius 3 is 2.72 bits per heavy atom. The number of nitrogens with one attached hydrogen (secondary N) is 1. The van der Waals surface area contributed by atoms with Crippen molar-refractivity contribution in [2.45, 2.75) is 37.4 Å². The van der Waals surface area contributed by atoms with E-state index in [1.54, 1.807) is 6.92 Å². The van der Waals surface area contributed by atoms with Crippen LogP contribution in [0.1, 0.15) is 22.9 Å². The Labute approximate surface area is 189 Å². The van der Waals surface area contributed by atoms with Crippen molar-refractivity contribution in [2.75, 3.05) is 22.5 Å². The summed E-state index contributed by atoms with van der Waals surface area (Å²) in [4.78, 5) is 37.0. The monoisotopic (exact) mass is 481 g/mol. The van der Waals surface area contributed by atoms with Gasteiger partial charge in [-0.3, -0.25) is 14.5 Å². The van der Waals surface area contributed by atoms with Gasteiger partial charge in [-0.25, -0.2) is 9.97 Å². The zero-order valence-electron chi connectivity index (χ0n) is 17.2. The molecule has 1 aromatic carbocycles. The highest BCUT2D eigenvalue weighted by Gasteiger charge is 2.35. The summed E-state index contributed by atoms with van der Waals surface area (Å²) >= 11 is 2.55. The second kappa shape index (κ2) is 7.93. The maximum Gasteiger partial charge on any atom is 0.416 e. The van der Waals surface area contributed by atoms with Crippen LogP contribution in [0.5, 0.6) is 0 Å². The van der Waals surface area contributed by atoms with Crippen molar-refractivity contribution in [3.8, 4) is 0 Å². The fourth-order valence-corrected chi connectivity index (χ4v) is 5.34. The number of alkyl halides is 3. The molecule has 3 heterocycles. The van der Waals surface area contributed by atoms with Crippen LogP contribution in [0.15, 0.2) is 23.4 Å². The molecule has 2 aromatic heterocycles. The average molecular weight is 482 g/mol. The molecular formula is C20H18F3N5O2S2. The van der Waals surface area contributed by atoms with Gasteiger partial charge in [-0.2, -0.15) is 13.2 Å². The minimum absolute atomic E-state index is 0.0620. The number of hydrogen-bond acceptors (Lipinski definition) is 7. The van der Waals surface area contributed by atoms with E-state index >= 15 is 0 Å². The fourth-order valence-electron chi connectivity index (χ4n) is 3.40. The summed E-state index contributed by atoms with van der Waals surface area (Å²) in [5.41, 5.74) is 6.34. The van der Waals surface area contributed by atoms with E-state index < -0.39 is 28.8 Å². The van der Waals surface area contributed by atoms with Crippen LogP contribution in [0.25, 0.3) is 10.2 Å². The van der Waals surface area contributed by atoms with Gasteiger partial charge in [0.15, 0.2) is 5.16 Å². The predicted octanol–water partition coefficient (Wildman–Crippen LogP) is 4.38. The van der Waals surface area contributed by atoms with Gasteiger partial charge in [-0.1, -0.05) is 11.8 Å². The molecule has 0 fully saturated rings. The number of rotatable bonds is 3. The molecule has 0 aliphatic carbocycles. The van der Waals surface area contributed by atoms with Crippen LogP contribution in [0.4, 0.5) is 30.4 Å². The van der Waals surface area contributed by atoms with Gasteiger partial charge in [-0.15, -0.1) is 11.3 Å². The Bertz CT molecular complexity index is 1260. The van der Waals surface area contributed by atoms with Gasteiger partial charge >= 0.3 is 6.18 Å². The molecule has 7 nitrogen and oxygen atoms in total. The number of carbonyl (C=O) groups excluding carboxylic acids is 2. The standard InChI is InChI=1S/C20H18F3N5O2S2/c1-8-9(2)31-17-15(8)16(24)26-19(27-17)32-10(3)18(30)28-7-14(29)25-12-6-11(20(21,22)23)4-5-13(12)28/h4-6,10H,7H2,1-3H3,(H,25,29)(H2,24,26,27). The summed E-state index contributed by atoms with van der Waals surface area (Å²) in [5.74, 6) is -0.707. The number of carbonyl (C=O) groups is 2. The molecule has 0 spiro atoms. The van der Waals surface area contributed by atoms with Crippen molar-refractivity contribution >= 4 is 62.3 Å². The molecule has 0 bridgehead atoms. The van der Waals surface area contributed by atoms with Gasteiger partial charge in [0.2, 0.25) is 11.8 Å². The molecule has 1 atom stereocenters. The van der Waals surface area contributed by atoms with Gasteiger partial charge in [0.25, 0.3) is 0 Å². The summed E-state index contributed by atoms with van der Waals surface area (Å²) in [6, 6.07) is 2.89. The Balaban J connectivity index is 1.61. The van der Waals surface area contributed by atoms with Crippen LogP contribution < -0.4 is 16.0 Å². The number of benzene rings is 1. The lowest BCUT2D eigenvalue weighted by atomic mass is 10.1. The Morgan fingerprint density at radius 2 is 2.03 bits per heavy atom. The highest BCUT2D eigenvalue weighted by atomic mass is 32.2. The molecular weight excluding hydrogens is 463 g/mol. The number of halogens is 3. The van der Waals surface area contributed by atoms with E-state index in [-0.39, 0.29) is 17.9 Å². The van der Waals surface area contributed by atoms with Crippen molar-refractivity contribution in [2.24, 2.45) is 0 Å². The predicted molar refractivity (Wildman–Crippen MR) is 119 cm³/mol. The lowest BCUT2D eigenvalue weighted by Gasteiger charge is -2.31. The summed E-state index contributed by atoms with van der Waals surface area (Å²) in [6.07, 6.45) is -4.57. The molecule has 0 saturated carbocycles. The zero-order chi connectivity index (χ0) is 23.4. The van der Waals surface area contributed by atoms with Crippen molar-refractivity contribution in [1.29, 1.82) is 0 Å². The summed E-state index contributed by atoms with van der Waals surface area (Å²) < 4.78 is 39.1. The molecule has 12 heteroatoms. The Kier molecular flexibility index (Phi) is 5.53. The number of thiophene rings is 1. The number of nitrogens with zero attached hydrogens (tertiary/aromatic N) is 3. The van der Waals surface area contributed by atoms with Crippen LogP contribution in [-0.4, -0.2) is 33.6 Å². The molecule has 3 N–H and O–H groups in total. The number of aryl methyl sites for hydroxylation is 2. The second-order valence-electron chi connectivity index (χ2n) is 7.32. The smallest absolute Gasteiger partial charge is 0.383 e. The van der Waals surface area contributed by atoms with E-state index in [4.69, 9.17) is 5.73 Å². The van der Waals surface area contributed by atoms with Crippen LogP contribution in [0.3, 0.4) is 0 Å². The third-order valence-corrected chi connectivity index (χ3v) is 7.17. The fraction of sp³-hybridized carbons (Fsp3) is 0.300. The van der Waals surface area contributed by atoms with E-state index in [1.807, 2.05) is 13.8 Å². The number of anilines is 3. The molecule has 168 valence electrons. The lowest BCUT2D eigenvalue weighted by molar-refractivity contribution is -0.137. The number of aromatic nitrogens is 2. The zero-order valence-corrected chi connectivity index (χ0v) is 18.8. The first kappa shape index (κ1) is 22.3. The van der Waals surface area contributed by atoms with Crippen LogP contribution in [0.2, 0.25) is 0 Å². The first-order valence-corrected chi connectivity index (χ1v) is 11.2. The third kappa shape index (κ3) is 3.99. The maximum absolute atomic E-state index is 13.1. The number of hydrogen-bond donors (Lipinski definition) is 2. The van der Waals surface area contributed by atoms with E-state index in [0.29, 0.717) is 11.0 Å². The molecule has 0 radical (unpaired) electrons. The second-order valence-corrected chi connectivity index (χ2v) is 9.83. The van der Waals surface area contributed by atoms with Crippen LogP contribution in [-0.2, 0) is 15.8 Å². The summed E-state index contributed by atoms with van der Waals surface area (Å²) in [5, 5.41) is 2.79. The topological polar surface area (TPSA) is 101 Å². The Morgan fingerprint density at radius 1 is 1.31 bits per heavy atom. The van der Waals surface area contributed by atoms with Crippen molar-refractivity contribution in [3.05, 3.63) is 34.2 Å². The van der Waals surface area contributed by atoms with E-state index in [9.17, 15) is 22.8 Å². The third-order valence-electron chi connectivity index (χ3n) is 5.12. The molecule has 32 heavy (non-hydrogen) atoms. The number of amides is 2. The van der Waals surface area contributed by atoms with Crippen LogP contribution >= 0.6 is 23.1 Å². The van der Waals surface area contributed by atoms with Crippen molar-refractivity contribution in [3.63, 3.8) is 0 Å². The normalized spacial score (nSPS) is 14.9. The largest absolute Gasteiger partial charge is 0.416 e. The average Bonchev–Trinajstić information content (AvgIpc) is 2.99.